The molecule has 0 aliphatic carbocycles. The molecule has 104 valence electrons. The van der Waals surface area contributed by atoms with E-state index in [1.807, 2.05) is 11.0 Å². The minimum Gasteiger partial charge on any atom is -0.480 e. The van der Waals surface area contributed by atoms with Crippen LogP contribution in [0, 0.1) is 0 Å². The monoisotopic (exact) mass is 273 g/mol. The molecule has 0 bridgehead atoms. The molecule has 6 nitrogen and oxygen atoms in total. The highest BCUT2D eigenvalue weighted by molar-refractivity contribution is 5.79. The number of nitrogens with zero attached hydrogens (tertiary/aromatic N) is 3. The number of carboxylic acids is 1. The maximum Gasteiger partial charge on any atom is 0.323 e. The number of hydrogen-bond acceptors (Lipinski definition) is 4. The van der Waals surface area contributed by atoms with Gasteiger partial charge in [-0.05, 0) is 25.0 Å². The number of rotatable bonds is 3. The highest BCUT2D eigenvalue weighted by Gasteiger charge is 2.20. The third kappa shape index (κ3) is 2.13. The average molecular weight is 273 g/mol. The van der Waals surface area contributed by atoms with Crippen molar-refractivity contribution in [3.63, 3.8) is 0 Å². The lowest BCUT2D eigenvalue weighted by molar-refractivity contribution is -0.137. The van der Waals surface area contributed by atoms with Crippen LogP contribution in [0.25, 0.3) is 10.9 Å². The highest BCUT2D eigenvalue weighted by atomic mass is 16.4. The van der Waals surface area contributed by atoms with E-state index >= 15 is 0 Å². The van der Waals surface area contributed by atoms with Crippen molar-refractivity contribution < 1.29 is 9.90 Å². The second kappa shape index (κ2) is 4.96. The Labute approximate surface area is 115 Å². The molecule has 1 saturated heterocycles. The van der Waals surface area contributed by atoms with Crippen LogP contribution in [0.5, 0.6) is 0 Å². The topological polar surface area (TPSA) is 75.4 Å². The number of anilines is 1. The van der Waals surface area contributed by atoms with Crippen LogP contribution >= 0.6 is 0 Å². The summed E-state index contributed by atoms with van der Waals surface area (Å²) < 4.78 is 1.26. The number of benzene rings is 1. The molecular weight excluding hydrogens is 258 g/mol. The molecule has 1 fully saturated rings. The van der Waals surface area contributed by atoms with Gasteiger partial charge in [-0.25, -0.2) is 4.98 Å². The molecule has 1 aromatic heterocycles. The molecular formula is C14H15N3O3. The van der Waals surface area contributed by atoms with E-state index in [0.717, 1.165) is 25.9 Å². The van der Waals surface area contributed by atoms with Crippen molar-refractivity contribution in [3.8, 4) is 0 Å². The summed E-state index contributed by atoms with van der Waals surface area (Å²) in [5.74, 6) is -0.571. The number of fused-ring (bicyclic) bond motifs is 1. The molecule has 0 unspecified atom stereocenters. The van der Waals surface area contributed by atoms with Crippen LogP contribution in [0.3, 0.4) is 0 Å². The Morgan fingerprint density at radius 2 is 1.95 bits per heavy atom. The van der Waals surface area contributed by atoms with E-state index in [-0.39, 0.29) is 12.1 Å². The smallest absolute Gasteiger partial charge is 0.323 e. The van der Waals surface area contributed by atoms with E-state index < -0.39 is 5.97 Å². The number of carbonyl (C=O) groups is 1. The Balaban J connectivity index is 2.24. The third-order valence-electron chi connectivity index (χ3n) is 3.52. The van der Waals surface area contributed by atoms with E-state index in [4.69, 9.17) is 5.11 Å². The summed E-state index contributed by atoms with van der Waals surface area (Å²) in [6.45, 7) is 1.26. The molecule has 2 aromatic rings. The van der Waals surface area contributed by atoms with Crippen molar-refractivity contribution in [2.45, 2.75) is 19.4 Å². The Morgan fingerprint density at radius 1 is 1.25 bits per heavy atom. The lowest BCUT2D eigenvalue weighted by Crippen LogP contribution is -2.33. The lowest BCUT2D eigenvalue weighted by atomic mass is 10.2. The van der Waals surface area contributed by atoms with Gasteiger partial charge in [0, 0.05) is 13.1 Å². The molecule has 1 aromatic carbocycles. The molecule has 20 heavy (non-hydrogen) atoms. The van der Waals surface area contributed by atoms with Gasteiger partial charge in [0.2, 0.25) is 5.95 Å². The molecule has 2 heterocycles. The largest absolute Gasteiger partial charge is 0.480 e. The van der Waals surface area contributed by atoms with Gasteiger partial charge in [0.25, 0.3) is 5.56 Å². The first kappa shape index (κ1) is 12.7. The fourth-order valence-corrected chi connectivity index (χ4v) is 2.59. The maximum absolute atomic E-state index is 12.5. The first-order chi connectivity index (χ1) is 9.66. The quantitative estimate of drug-likeness (QED) is 0.905. The first-order valence-corrected chi connectivity index (χ1v) is 6.63. The summed E-state index contributed by atoms with van der Waals surface area (Å²) in [6.07, 6.45) is 2.07. The summed E-state index contributed by atoms with van der Waals surface area (Å²) in [5, 5.41) is 9.48. The zero-order chi connectivity index (χ0) is 14.1. The van der Waals surface area contributed by atoms with Crippen LogP contribution in [0.4, 0.5) is 5.95 Å². The normalized spacial score (nSPS) is 14.9. The van der Waals surface area contributed by atoms with Crippen LogP contribution in [0.15, 0.2) is 29.1 Å². The van der Waals surface area contributed by atoms with Gasteiger partial charge in [0.05, 0.1) is 10.9 Å². The number of aromatic nitrogens is 2. The third-order valence-corrected chi connectivity index (χ3v) is 3.52. The van der Waals surface area contributed by atoms with Crippen LogP contribution < -0.4 is 10.5 Å². The molecule has 1 aliphatic heterocycles. The van der Waals surface area contributed by atoms with E-state index in [0.29, 0.717) is 16.9 Å². The van der Waals surface area contributed by atoms with Crippen molar-refractivity contribution in [2.75, 3.05) is 18.0 Å². The van der Waals surface area contributed by atoms with E-state index in [1.54, 1.807) is 18.2 Å². The number of para-hydroxylation sites is 1. The van der Waals surface area contributed by atoms with Gasteiger partial charge in [-0.15, -0.1) is 0 Å². The summed E-state index contributed by atoms with van der Waals surface area (Å²) in [4.78, 5) is 30.0. The second-order valence-corrected chi connectivity index (χ2v) is 4.91. The van der Waals surface area contributed by atoms with Crippen molar-refractivity contribution in [2.24, 2.45) is 0 Å². The van der Waals surface area contributed by atoms with E-state index in [9.17, 15) is 9.59 Å². The fraction of sp³-hybridized carbons (Fsp3) is 0.357. The minimum atomic E-state index is -1.04. The molecule has 1 N–H and O–H groups in total. The zero-order valence-corrected chi connectivity index (χ0v) is 11.0. The SMILES string of the molecule is O=C(O)Cn1c(N2CCCC2)nc2ccccc2c1=O. The second-order valence-electron chi connectivity index (χ2n) is 4.91. The molecule has 0 spiro atoms. The van der Waals surface area contributed by atoms with Gasteiger partial charge in [0.1, 0.15) is 6.54 Å². The Kier molecular flexibility index (Phi) is 3.14. The molecule has 0 radical (unpaired) electrons. The molecule has 0 amide bonds. The lowest BCUT2D eigenvalue weighted by Gasteiger charge is -2.20. The molecule has 0 atom stereocenters. The van der Waals surface area contributed by atoms with Crippen molar-refractivity contribution in [1.29, 1.82) is 0 Å². The van der Waals surface area contributed by atoms with Crippen LogP contribution in [-0.2, 0) is 11.3 Å². The summed E-state index contributed by atoms with van der Waals surface area (Å²) in [6, 6.07) is 7.04. The van der Waals surface area contributed by atoms with Crippen molar-refractivity contribution in [3.05, 3.63) is 34.6 Å². The van der Waals surface area contributed by atoms with Crippen LogP contribution in [-0.4, -0.2) is 33.7 Å². The van der Waals surface area contributed by atoms with Crippen LogP contribution in [0.1, 0.15) is 12.8 Å². The average Bonchev–Trinajstić information content (AvgIpc) is 2.95. The maximum atomic E-state index is 12.5. The van der Waals surface area contributed by atoms with Gasteiger partial charge < -0.3 is 10.0 Å². The van der Waals surface area contributed by atoms with Gasteiger partial charge in [-0.1, -0.05) is 12.1 Å². The van der Waals surface area contributed by atoms with Gasteiger partial charge in [-0.2, -0.15) is 0 Å². The van der Waals surface area contributed by atoms with Gasteiger partial charge in [0.15, 0.2) is 0 Å². The van der Waals surface area contributed by atoms with Gasteiger partial charge in [-0.3, -0.25) is 14.2 Å². The number of carboxylic acid groups (broad SMARTS) is 1. The van der Waals surface area contributed by atoms with Crippen molar-refractivity contribution >= 4 is 22.8 Å². The number of aliphatic carboxylic acids is 1. The van der Waals surface area contributed by atoms with E-state index in [1.165, 1.54) is 4.57 Å². The molecule has 1 aliphatic rings. The Morgan fingerprint density at radius 3 is 2.65 bits per heavy atom. The highest BCUT2D eigenvalue weighted by Crippen LogP contribution is 2.19. The predicted molar refractivity (Wildman–Crippen MR) is 75.1 cm³/mol. The summed E-state index contributed by atoms with van der Waals surface area (Å²) in [7, 11) is 0. The molecule has 3 rings (SSSR count). The molecule has 6 heteroatoms. The fourth-order valence-electron chi connectivity index (χ4n) is 2.59. The zero-order valence-electron chi connectivity index (χ0n) is 11.0. The predicted octanol–water partition coefficient (Wildman–Crippen LogP) is 1.08. The summed E-state index contributed by atoms with van der Waals surface area (Å²) >= 11 is 0. The minimum absolute atomic E-state index is 0.292. The Bertz CT molecular complexity index is 717. The van der Waals surface area contributed by atoms with E-state index in [2.05, 4.69) is 4.98 Å². The standard InChI is InChI=1S/C14H15N3O3/c18-12(19)9-17-13(20)10-5-1-2-6-11(10)15-14(17)16-7-3-4-8-16/h1-2,5-6H,3-4,7-9H2,(H,18,19). The van der Waals surface area contributed by atoms with Crippen LogP contribution in [0.2, 0.25) is 0 Å². The Hall–Kier alpha value is -2.37. The molecule has 0 saturated carbocycles. The van der Waals surface area contributed by atoms with Crippen molar-refractivity contribution in [1.82, 2.24) is 9.55 Å². The van der Waals surface area contributed by atoms with Gasteiger partial charge >= 0.3 is 5.97 Å². The summed E-state index contributed by atoms with van der Waals surface area (Å²) in [5.41, 5.74) is 0.320. The first-order valence-electron chi connectivity index (χ1n) is 6.63. The number of hydrogen-bond donors (Lipinski definition) is 1.